The number of carbonyl (C=O) groups excluding carboxylic acids is 1. The lowest BCUT2D eigenvalue weighted by Gasteiger charge is -2.40. The summed E-state index contributed by atoms with van der Waals surface area (Å²) in [4.78, 5) is 21.7. The lowest BCUT2D eigenvalue weighted by atomic mass is 9.89. The number of piperazine rings is 1. The smallest absolute Gasteiger partial charge is 0.317 e. The molecule has 0 spiro atoms. The van der Waals surface area contributed by atoms with E-state index in [-0.39, 0.29) is 17.7 Å². The Morgan fingerprint density at radius 2 is 2.00 bits per heavy atom. The summed E-state index contributed by atoms with van der Waals surface area (Å²) in [7, 11) is 0. The summed E-state index contributed by atoms with van der Waals surface area (Å²) < 4.78 is 6.12. The van der Waals surface area contributed by atoms with Crippen LogP contribution in [0.4, 0.5) is 4.79 Å². The Morgan fingerprint density at radius 3 is 2.72 bits per heavy atom. The number of hydrogen-bond donors (Lipinski definition) is 1. The first-order valence-corrected chi connectivity index (χ1v) is 10.4. The molecule has 6 nitrogen and oxygen atoms in total. The summed E-state index contributed by atoms with van der Waals surface area (Å²) in [5.74, 6) is 0.873. The van der Waals surface area contributed by atoms with E-state index in [1.807, 2.05) is 35.4 Å². The van der Waals surface area contributed by atoms with E-state index in [9.17, 15) is 4.79 Å². The third-order valence-corrected chi connectivity index (χ3v) is 5.69. The molecule has 6 heteroatoms. The lowest BCUT2D eigenvalue weighted by Crippen LogP contribution is -2.53. The van der Waals surface area contributed by atoms with Gasteiger partial charge in [-0.2, -0.15) is 0 Å². The molecule has 0 bridgehead atoms. The van der Waals surface area contributed by atoms with Gasteiger partial charge < -0.3 is 15.0 Å². The van der Waals surface area contributed by atoms with Crippen molar-refractivity contribution in [1.82, 2.24) is 20.1 Å². The molecule has 2 aliphatic heterocycles. The van der Waals surface area contributed by atoms with Crippen molar-refractivity contribution in [1.29, 1.82) is 0 Å². The number of pyridine rings is 1. The van der Waals surface area contributed by atoms with E-state index in [2.05, 4.69) is 48.1 Å². The molecule has 2 aromatic rings. The van der Waals surface area contributed by atoms with E-state index in [4.69, 9.17) is 4.74 Å². The fraction of sp³-hybridized carbons (Fsp3) is 0.478. The maximum Gasteiger partial charge on any atom is 0.317 e. The molecule has 1 saturated heterocycles. The molecule has 0 aliphatic carbocycles. The van der Waals surface area contributed by atoms with Gasteiger partial charge in [-0.05, 0) is 39.0 Å². The number of fused-ring (bicyclic) bond motifs is 1. The molecule has 4 rings (SSSR count). The predicted octanol–water partition coefficient (Wildman–Crippen LogP) is 3.52. The van der Waals surface area contributed by atoms with E-state index >= 15 is 0 Å². The minimum atomic E-state index is -0.304. The Kier molecular flexibility index (Phi) is 5.46. The van der Waals surface area contributed by atoms with Crippen molar-refractivity contribution in [2.24, 2.45) is 0 Å². The number of rotatable bonds is 3. The zero-order valence-electron chi connectivity index (χ0n) is 17.5. The van der Waals surface area contributed by atoms with E-state index in [1.165, 1.54) is 5.56 Å². The molecule has 0 radical (unpaired) electrons. The highest BCUT2D eigenvalue weighted by molar-refractivity contribution is 5.75. The van der Waals surface area contributed by atoms with Crippen LogP contribution in [0.1, 0.15) is 43.1 Å². The van der Waals surface area contributed by atoms with Gasteiger partial charge in [0, 0.05) is 50.9 Å². The molecule has 29 heavy (non-hydrogen) atoms. The van der Waals surface area contributed by atoms with Crippen molar-refractivity contribution < 1.29 is 9.53 Å². The van der Waals surface area contributed by atoms with Crippen LogP contribution >= 0.6 is 0 Å². The first-order valence-electron chi connectivity index (χ1n) is 10.4. The van der Waals surface area contributed by atoms with Crippen LogP contribution in [0.5, 0.6) is 5.75 Å². The zero-order valence-corrected chi connectivity index (χ0v) is 17.5. The van der Waals surface area contributed by atoms with Gasteiger partial charge in [-0.15, -0.1) is 0 Å². The zero-order chi connectivity index (χ0) is 20.4. The van der Waals surface area contributed by atoms with Crippen LogP contribution in [0.2, 0.25) is 0 Å². The molecule has 154 valence electrons. The number of ether oxygens (including phenoxy) is 1. The standard InChI is InChI=1S/C23H30N4O2/c1-17-7-8-21-19(14-17)20(15-23(2,3)29-21)25-22(28)27-12-10-26(11-13-27)16-18-6-4-5-9-24-18/h4-9,14,20H,10-13,15-16H2,1-3H3,(H,25,28)/t20-/m0/s1. The average Bonchev–Trinajstić information content (AvgIpc) is 2.69. The number of carbonyl (C=O) groups is 1. The highest BCUT2D eigenvalue weighted by Gasteiger charge is 2.35. The number of benzene rings is 1. The maximum absolute atomic E-state index is 13.0. The molecule has 1 N–H and O–H groups in total. The Labute approximate surface area is 172 Å². The summed E-state index contributed by atoms with van der Waals surface area (Å²) in [5, 5.41) is 3.27. The minimum Gasteiger partial charge on any atom is -0.487 e. The molecular weight excluding hydrogens is 364 g/mol. The second-order valence-electron chi connectivity index (χ2n) is 8.69. The van der Waals surface area contributed by atoms with Gasteiger partial charge in [-0.3, -0.25) is 9.88 Å². The van der Waals surface area contributed by atoms with Gasteiger partial charge in [0.25, 0.3) is 0 Å². The second-order valence-corrected chi connectivity index (χ2v) is 8.69. The van der Waals surface area contributed by atoms with Crippen molar-refractivity contribution in [2.75, 3.05) is 26.2 Å². The SMILES string of the molecule is Cc1ccc2c(c1)[C@@H](NC(=O)N1CCN(Cc3ccccn3)CC1)CC(C)(C)O2. The van der Waals surface area contributed by atoms with Gasteiger partial charge in [0.1, 0.15) is 11.4 Å². The fourth-order valence-corrected chi connectivity index (χ4v) is 4.17. The monoisotopic (exact) mass is 394 g/mol. The van der Waals surface area contributed by atoms with E-state index in [0.717, 1.165) is 56.2 Å². The normalized spacial score (nSPS) is 21.2. The van der Waals surface area contributed by atoms with Crippen molar-refractivity contribution >= 4 is 6.03 Å². The van der Waals surface area contributed by atoms with Crippen molar-refractivity contribution in [3.8, 4) is 5.75 Å². The van der Waals surface area contributed by atoms with Crippen LogP contribution in [0.3, 0.4) is 0 Å². The molecule has 3 heterocycles. The minimum absolute atomic E-state index is 0.0117. The van der Waals surface area contributed by atoms with Crippen molar-refractivity contribution in [3.63, 3.8) is 0 Å². The fourth-order valence-electron chi connectivity index (χ4n) is 4.17. The number of urea groups is 1. The molecule has 1 fully saturated rings. The molecular formula is C23H30N4O2. The molecule has 0 unspecified atom stereocenters. The van der Waals surface area contributed by atoms with Crippen LogP contribution < -0.4 is 10.1 Å². The molecule has 0 saturated carbocycles. The largest absolute Gasteiger partial charge is 0.487 e. The number of amides is 2. The molecule has 2 aliphatic rings. The van der Waals surface area contributed by atoms with Crippen LogP contribution in [0.25, 0.3) is 0 Å². The highest BCUT2D eigenvalue weighted by atomic mass is 16.5. The van der Waals surface area contributed by atoms with Crippen LogP contribution in [-0.4, -0.2) is 52.6 Å². The van der Waals surface area contributed by atoms with Crippen LogP contribution in [0, 0.1) is 6.92 Å². The third-order valence-electron chi connectivity index (χ3n) is 5.69. The first-order chi connectivity index (χ1) is 13.9. The Morgan fingerprint density at radius 1 is 1.21 bits per heavy atom. The second kappa shape index (κ2) is 8.03. The predicted molar refractivity (Wildman–Crippen MR) is 113 cm³/mol. The first kappa shape index (κ1) is 19.7. The van der Waals surface area contributed by atoms with Gasteiger partial charge >= 0.3 is 6.03 Å². The Bertz CT molecular complexity index is 860. The summed E-state index contributed by atoms with van der Waals surface area (Å²) in [6, 6.07) is 12.2. The highest BCUT2D eigenvalue weighted by Crippen LogP contribution is 2.39. The van der Waals surface area contributed by atoms with Gasteiger partial charge in [-0.25, -0.2) is 4.79 Å². The molecule has 1 atom stereocenters. The summed E-state index contributed by atoms with van der Waals surface area (Å²) in [6.45, 7) is 10.2. The molecule has 1 aromatic carbocycles. The van der Waals surface area contributed by atoms with E-state index in [0.29, 0.717) is 0 Å². The third kappa shape index (κ3) is 4.70. The number of nitrogens with zero attached hydrogens (tertiary/aromatic N) is 3. The number of aromatic nitrogens is 1. The average molecular weight is 395 g/mol. The molecule has 2 amide bonds. The number of hydrogen-bond acceptors (Lipinski definition) is 4. The topological polar surface area (TPSA) is 57.7 Å². The summed E-state index contributed by atoms with van der Waals surface area (Å²) in [6.07, 6.45) is 2.59. The Balaban J connectivity index is 1.37. The number of aryl methyl sites for hydroxylation is 1. The van der Waals surface area contributed by atoms with Gasteiger partial charge in [0.2, 0.25) is 0 Å². The van der Waals surface area contributed by atoms with Gasteiger partial charge in [0.15, 0.2) is 0 Å². The van der Waals surface area contributed by atoms with Crippen molar-refractivity contribution in [2.45, 2.75) is 45.4 Å². The van der Waals surface area contributed by atoms with E-state index in [1.54, 1.807) is 0 Å². The summed E-state index contributed by atoms with van der Waals surface area (Å²) >= 11 is 0. The molecule has 1 aromatic heterocycles. The van der Waals surface area contributed by atoms with E-state index < -0.39 is 0 Å². The van der Waals surface area contributed by atoms with Gasteiger partial charge in [-0.1, -0.05) is 23.8 Å². The summed E-state index contributed by atoms with van der Waals surface area (Å²) in [5.41, 5.74) is 3.02. The van der Waals surface area contributed by atoms with Crippen molar-refractivity contribution in [3.05, 3.63) is 59.4 Å². The lowest BCUT2D eigenvalue weighted by molar-refractivity contribution is 0.0651. The van der Waals surface area contributed by atoms with Crippen LogP contribution in [0.15, 0.2) is 42.6 Å². The van der Waals surface area contributed by atoms with Gasteiger partial charge in [0.05, 0.1) is 11.7 Å². The maximum atomic E-state index is 13.0. The quantitative estimate of drug-likeness (QED) is 0.865. The number of nitrogens with one attached hydrogen (secondary N) is 1. The van der Waals surface area contributed by atoms with Crippen LogP contribution in [-0.2, 0) is 6.54 Å². The Hall–Kier alpha value is -2.60.